The fourth-order valence-corrected chi connectivity index (χ4v) is 2.89. The first kappa shape index (κ1) is 19.3. The van der Waals surface area contributed by atoms with E-state index in [1.807, 2.05) is 42.5 Å². The van der Waals surface area contributed by atoms with Crippen LogP contribution in [0.4, 0.5) is 0 Å². The van der Waals surface area contributed by atoms with Gasteiger partial charge in [0.25, 0.3) is 5.91 Å². The van der Waals surface area contributed by atoms with Crippen molar-refractivity contribution in [3.05, 3.63) is 99.5 Å². The fourth-order valence-electron chi connectivity index (χ4n) is 2.42. The van der Waals surface area contributed by atoms with E-state index in [1.165, 1.54) is 0 Å². The molecule has 1 amide bonds. The topological polar surface area (TPSA) is 74.5 Å². The van der Waals surface area contributed by atoms with E-state index < -0.39 is 0 Å². The van der Waals surface area contributed by atoms with E-state index in [1.54, 1.807) is 36.5 Å². The SMILES string of the molecule is N#Cc1ccc(COc2ccccc2/C=N/NC(=O)c2ccccc2Br)cc1. The predicted molar refractivity (Wildman–Crippen MR) is 111 cm³/mol. The first-order valence-corrected chi connectivity index (χ1v) is 9.25. The van der Waals surface area contributed by atoms with Crippen molar-refractivity contribution in [2.75, 3.05) is 0 Å². The van der Waals surface area contributed by atoms with Crippen LogP contribution < -0.4 is 10.2 Å². The summed E-state index contributed by atoms with van der Waals surface area (Å²) in [4.78, 5) is 12.2. The molecule has 0 fully saturated rings. The lowest BCUT2D eigenvalue weighted by atomic mass is 10.1. The van der Waals surface area contributed by atoms with Gasteiger partial charge in [-0.1, -0.05) is 36.4 Å². The van der Waals surface area contributed by atoms with Crippen molar-refractivity contribution < 1.29 is 9.53 Å². The van der Waals surface area contributed by atoms with Gasteiger partial charge in [0, 0.05) is 10.0 Å². The molecule has 28 heavy (non-hydrogen) atoms. The molecule has 0 aliphatic carbocycles. The molecule has 0 saturated carbocycles. The van der Waals surface area contributed by atoms with Crippen molar-refractivity contribution in [3.8, 4) is 11.8 Å². The van der Waals surface area contributed by atoms with E-state index >= 15 is 0 Å². The minimum Gasteiger partial charge on any atom is -0.488 e. The number of rotatable bonds is 6. The van der Waals surface area contributed by atoms with Gasteiger partial charge in [0.15, 0.2) is 0 Å². The molecule has 0 heterocycles. The Labute approximate surface area is 171 Å². The van der Waals surface area contributed by atoms with Gasteiger partial charge in [-0.2, -0.15) is 10.4 Å². The normalized spacial score (nSPS) is 10.4. The van der Waals surface area contributed by atoms with Crippen LogP contribution in [0.1, 0.15) is 27.0 Å². The third kappa shape index (κ3) is 5.06. The highest BCUT2D eigenvalue weighted by atomic mass is 79.9. The largest absolute Gasteiger partial charge is 0.488 e. The maximum absolute atomic E-state index is 12.2. The van der Waals surface area contributed by atoms with E-state index in [0.29, 0.717) is 28.0 Å². The van der Waals surface area contributed by atoms with Crippen LogP contribution in [0.2, 0.25) is 0 Å². The van der Waals surface area contributed by atoms with Crippen LogP contribution in [0.3, 0.4) is 0 Å². The van der Waals surface area contributed by atoms with Crippen LogP contribution in [0.15, 0.2) is 82.4 Å². The Bertz CT molecular complexity index is 1040. The molecule has 0 aromatic heterocycles. The van der Waals surface area contributed by atoms with Gasteiger partial charge in [-0.25, -0.2) is 5.43 Å². The third-order valence-corrected chi connectivity index (χ3v) is 4.58. The minimum atomic E-state index is -0.306. The summed E-state index contributed by atoms with van der Waals surface area (Å²) in [5, 5.41) is 12.9. The van der Waals surface area contributed by atoms with Crippen molar-refractivity contribution in [2.24, 2.45) is 5.10 Å². The van der Waals surface area contributed by atoms with Crippen LogP contribution >= 0.6 is 15.9 Å². The summed E-state index contributed by atoms with van der Waals surface area (Å²) >= 11 is 3.35. The molecule has 0 radical (unpaired) electrons. The number of para-hydroxylation sites is 1. The molecule has 0 spiro atoms. The molecular weight excluding hydrogens is 418 g/mol. The summed E-state index contributed by atoms with van der Waals surface area (Å²) in [7, 11) is 0. The highest BCUT2D eigenvalue weighted by molar-refractivity contribution is 9.10. The Morgan fingerprint density at radius 2 is 1.79 bits per heavy atom. The number of nitriles is 1. The highest BCUT2D eigenvalue weighted by Gasteiger charge is 2.08. The van der Waals surface area contributed by atoms with Crippen molar-refractivity contribution >= 4 is 28.1 Å². The number of ether oxygens (including phenoxy) is 1. The first-order valence-electron chi connectivity index (χ1n) is 8.46. The van der Waals surface area contributed by atoms with Crippen molar-refractivity contribution in [1.82, 2.24) is 5.43 Å². The molecule has 0 aliphatic heterocycles. The molecular formula is C22H16BrN3O2. The molecule has 5 nitrogen and oxygen atoms in total. The number of nitrogens with one attached hydrogen (secondary N) is 1. The predicted octanol–water partition coefficient (Wildman–Crippen LogP) is 4.66. The maximum atomic E-state index is 12.2. The standard InChI is InChI=1S/C22H16BrN3O2/c23-20-7-3-2-6-19(20)22(27)26-25-14-18-5-1-4-8-21(18)28-15-17-11-9-16(13-24)10-12-17/h1-12,14H,15H2,(H,26,27)/b25-14+. The molecule has 1 N–H and O–H groups in total. The number of hydrogen-bond acceptors (Lipinski definition) is 4. The molecule has 3 rings (SSSR count). The Kier molecular flexibility index (Phi) is 6.55. The Morgan fingerprint density at radius 1 is 1.07 bits per heavy atom. The lowest BCUT2D eigenvalue weighted by Gasteiger charge is -2.09. The number of halogens is 1. The Hall–Kier alpha value is -3.43. The number of carbonyl (C=O) groups excluding carboxylic acids is 1. The van der Waals surface area contributed by atoms with Crippen LogP contribution in [0, 0.1) is 11.3 Å². The lowest BCUT2D eigenvalue weighted by molar-refractivity contribution is 0.0954. The zero-order valence-electron chi connectivity index (χ0n) is 14.8. The zero-order chi connectivity index (χ0) is 19.8. The van der Waals surface area contributed by atoms with Crippen molar-refractivity contribution in [3.63, 3.8) is 0 Å². The van der Waals surface area contributed by atoms with E-state index in [0.717, 1.165) is 11.1 Å². The van der Waals surface area contributed by atoms with E-state index in [-0.39, 0.29) is 5.91 Å². The summed E-state index contributed by atoms with van der Waals surface area (Å²) in [5.74, 6) is 0.338. The average Bonchev–Trinajstić information content (AvgIpc) is 2.73. The molecule has 0 aliphatic rings. The number of hydrazone groups is 1. The number of nitrogens with zero attached hydrogens (tertiary/aromatic N) is 2. The van der Waals surface area contributed by atoms with Crippen LogP contribution in [-0.2, 0) is 6.61 Å². The number of amides is 1. The van der Waals surface area contributed by atoms with Gasteiger partial charge in [0.1, 0.15) is 12.4 Å². The summed E-state index contributed by atoms with van der Waals surface area (Å²) in [6.07, 6.45) is 1.54. The van der Waals surface area contributed by atoms with Crippen LogP contribution in [-0.4, -0.2) is 12.1 Å². The first-order chi connectivity index (χ1) is 13.7. The molecule has 138 valence electrons. The third-order valence-electron chi connectivity index (χ3n) is 3.88. The molecule has 0 bridgehead atoms. The maximum Gasteiger partial charge on any atom is 0.272 e. The number of benzene rings is 3. The van der Waals surface area contributed by atoms with Crippen molar-refractivity contribution in [2.45, 2.75) is 6.61 Å². The molecule has 0 atom stereocenters. The molecule has 3 aromatic rings. The Morgan fingerprint density at radius 3 is 2.54 bits per heavy atom. The minimum absolute atomic E-state index is 0.306. The summed E-state index contributed by atoms with van der Waals surface area (Å²) in [5.41, 5.74) is 5.32. The zero-order valence-corrected chi connectivity index (χ0v) is 16.4. The van der Waals surface area contributed by atoms with E-state index in [9.17, 15) is 4.79 Å². The smallest absolute Gasteiger partial charge is 0.272 e. The molecule has 0 unspecified atom stereocenters. The molecule has 6 heteroatoms. The molecule has 3 aromatic carbocycles. The van der Waals surface area contributed by atoms with Gasteiger partial charge in [-0.3, -0.25) is 4.79 Å². The van der Waals surface area contributed by atoms with E-state index in [4.69, 9.17) is 10.00 Å². The second-order valence-corrected chi connectivity index (χ2v) is 6.67. The summed E-state index contributed by atoms with van der Waals surface area (Å²) in [6.45, 7) is 0.361. The number of hydrogen-bond donors (Lipinski definition) is 1. The summed E-state index contributed by atoms with van der Waals surface area (Å²) < 4.78 is 6.57. The fraction of sp³-hybridized carbons (Fsp3) is 0.0455. The van der Waals surface area contributed by atoms with Crippen LogP contribution in [0.25, 0.3) is 0 Å². The van der Waals surface area contributed by atoms with E-state index in [2.05, 4.69) is 32.5 Å². The van der Waals surface area contributed by atoms with Crippen LogP contribution in [0.5, 0.6) is 5.75 Å². The highest BCUT2D eigenvalue weighted by Crippen LogP contribution is 2.18. The van der Waals surface area contributed by atoms with Gasteiger partial charge in [-0.05, 0) is 57.9 Å². The second kappa shape index (κ2) is 9.49. The quantitative estimate of drug-likeness (QED) is 0.453. The van der Waals surface area contributed by atoms with Crippen molar-refractivity contribution in [1.29, 1.82) is 5.26 Å². The number of carbonyl (C=O) groups is 1. The van der Waals surface area contributed by atoms with Gasteiger partial charge in [0.2, 0.25) is 0 Å². The van der Waals surface area contributed by atoms with Gasteiger partial charge >= 0.3 is 0 Å². The average molecular weight is 434 g/mol. The Balaban J connectivity index is 1.64. The lowest BCUT2D eigenvalue weighted by Crippen LogP contribution is -2.18. The van der Waals surface area contributed by atoms with Gasteiger partial charge in [-0.15, -0.1) is 0 Å². The molecule has 0 saturated heterocycles. The summed E-state index contributed by atoms with van der Waals surface area (Å²) in [6, 6.07) is 23.9. The second-order valence-electron chi connectivity index (χ2n) is 5.81. The monoisotopic (exact) mass is 433 g/mol. The van der Waals surface area contributed by atoms with Gasteiger partial charge < -0.3 is 4.74 Å². The van der Waals surface area contributed by atoms with Gasteiger partial charge in [0.05, 0.1) is 23.4 Å².